The minimum Gasteiger partial charge on any atom is -0.352 e. The number of rotatable bonds is 3. The molecule has 1 aliphatic heterocycles. The van der Waals surface area contributed by atoms with Crippen LogP contribution >= 0.6 is 0 Å². The van der Waals surface area contributed by atoms with E-state index in [1.807, 2.05) is 0 Å². The van der Waals surface area contributed by atoms with Crippen LogP contribution in [0.4, 0.5) is 0 Å². The molecule has 3 heteroatoms. The molecule has 2 aliphatic rings. The van der Waals surface area contributed by atoms with Crippen molar-refractivity contribution in [1.29, 1.82) is 0 Å². The summed E-state index contributed by atoms with van der Waals surface area (Å²) in [6.45, 7) is 3.15. The third-order valence-electron chi connectivity index (χ3n) is 3.85. The second-order valence-corrected chi connectivity index (χ2v) is 4.99. The minimum absolute atomic E-state index is 0.0776. The molecule has 1 amide bonds. The van der Waals surface area contributed by atoms with E-state index in [4.69, 9.17) is 0 Å². The van der Waals surface area contributed by atoms with Crippen molar-refractivity contribution in [2.24, 2.45) is 5.92 Å². The number of nitrogens with one attached hydrogen (secondary N) is 2. The van der Waals surface area contributed by atoms with E-state index < -0.39 is 0 Å². The van der Waals surface area contributed by atoms with Crippen molar-refractivity contribution >= 4 is 5.91 Å². The van der Waals surface area contributed by atoms with E-state index in [9.17, 15) is 4.79 Å². The van der Waals surface area contributed by atoms with E-state index in [0.717, 1.165) is 25.3 Å². The van der Waals surface area contributed by atoms with E-state index in [-0.39, 0.29) is 11.9 Å². The first-order valence-corrected chi connectivity index (χ1v) is 6.31. The number of amides is 1. The van der Waals surface area contributed by atoms with Gasteiger partial charge in [-0.2, -0.15) is 0 Å². The third-order valence-corrected chi connectivity index (χ3v) is 3.85. The molecule has 1 heterocycles. The van der Waals surface area contributed by atoms with E-state index in [2.05, 4.69) is 17.6 Å². The molecule has 0 radical (unpaired) electrons. The molecular weight excluding hydrogens is 188 g/mol. The lowest BCUT2D eigenvalue weighted by molar-refractivity contribution is -0.123. The smallest absolute Gasteiger partial charge is 0.237 e. The Hall–Kier alpha value is -0.570. The Bertz CT molecular complexity index is 218. The molecule has 1 unspecified atom stereocenters. The maximum absolute atomic E-state index is 11.8. The molecule has 1 aliphatic carbocycles. The molecule has 0 aromatic heterocycles. The lowest BCUT2D eigenvalue weighted by atomic mass is 9.99. The van der Waals surface area contributed by atoms with Crippen molar-refractivity contribution in [1.82, 2.24) is 10.6 Å². The number of carbonyl (C=O) groups excluding carboxylic acids is 1. The third kappa shape index (κ3) is 2.71. The maximum Gasteiger partial charge on any atom is 0.237 e. The van der Waals surface area contributed by atoms with Gasteiger partial charge < -0.3 is 10.6 Å². The van der Waals surface area contributed by atoms with Gasteiger partial charge in [-0.25, -0.2) is 0 Å². The number of hydrogen-bond donors (Lipinski definition) is 2. The molecule has 0 spiro atoms. The summed E-state index contributed by atoms with van der Waals surface area (Å²) in [7, 11) is 0. The van der Waals surface area contributed by atoms with Gasteiger partial charge in [-0.1, -0.05) is 12.8 Å². The summed E-state index contributed by atoms with van der Waals surface area (Å²) in [4.78, 5) is 11.8. The highest BCUT2D eigenvalue weighted by atomic mass is 16.2. The van der Waals surface area contributed by atoms with Crippen LogP contribution in [0, 0.1) is 5.92 Å². The average Bonchev–Trinajstić information content (AvgIpc) is 2.91. The van der Waals surface area contributed by atoms with E-state index >= 15 is 0 Å². The van der Waals surface area contributed by atoms with Crippen LogP contribution in [0.1, 0.15) is 45.4 Å². The van der Waals surface area contributed by atoms with Gasteiger partial charge in [-0.3, -0.25) is 4.79 Å². The predicted molar refractivity (Wildman–Crippen MR) is 60.6 cm³/mol. The van der Waals surface area contributed by atoms with Gasteiger partial charge in [0.25, 0.3) is 0 Å². The molecule has 1 saturated carbocycles. The zero-order chi connectivity index (χ0) is 10.7. The fourth-order valence-corrected chi connectivity index (χ4v) is 2.81. The number of hydrogen-bond acceptors (Lipinski definition) is 2. The van der Waals surface area contributed by atoms with Gasteiger partial charge in [-0.15, -0.1) is 0 Å². The van der Waals surface area contributed by atoms with Crippen molar-refractivity contribution in [3.05, 3.63) is 0 Å². The largest absolute Gasteiger partial charge is 0.352 e. The predicted octanol–water partition coefficient (Wildman–Crippen LogP) is 1.43. The topological polar surface area (TPSA) is 41.1 Å². The zero-order valence-corrected chi connectivity index (χ0v) is 9.59. The highest BCUT2D eigenvalue weighted by Crippen LogP contribution is 2.27. The summed E-state index contributed by atoms with van der Waals surface area (Å²) in [5.41, 5.74) is 0. The molecule has 2 N–H and O–H groups in total. The molecule has 0 bridgehead atoms. The quantitative estimate of drug-likeness (QED) is 0.740. The van der Waals surface area contributed by atoms with E-state index in [1.54, 1.807) is 0 Å². The summed E-state index contributed by atoms with van der Waals surface area (Å²) in [5.74, 6) is 0.933. The van der Waals surface area contributed by atoms with Crippen molar-refractivity contribution in [2.75, 3.05) is 6.54 Å². The molecular formula is C12H22N2O. The highest BCUT2D eigenvalue weighted by Gasteiger charge is 2.27. The summed E-state index contributed by atoms with van der Waals surface area (Å²) in [6, 6.07) is 0.441. The first-order chi connectivity index (χ1) is 7.27. The Balaban J connectivity index is 1.77. The summed E-state index contributed by atoms with van der Waals surface area (Å²) >= 11 is 0. The van der Waals surface area contributed by atoms with Crippen LogP contribution in [0.3, 0.4) is 0 Å². The Labute approximate surface area is 92.0 Å². The van der Waals surface area contributed by atoms with Crippen LogP contribution in [0.2, 0.25) is 0 Å². The summed E-state index contributed by atoms with van der Waals surface area (Å²) in [6.07, 6.45) is 7.40. The fourth-order valence-electron chi connectivity index (χ4n) is 2.81. The fraction of sp³-hybridized carbons (Fsp3) is 0.917. The van der Waals surface area contributed by atoms with Crippen LogP contribution in [0.5, 0.6) is 0 Å². The average molecular weight is 210 g/mol. The Morgan fingerprint density at radius 3 is 2.60 bits per heavy atom. The molecule has 3 nitrogen and oxygen atoms in total. The first kappa shape index (κ1) is 10.9. The Morgan fingerprint density at radius 1 is 1.27 bits per heavy atom. The molecule has 0 aromatic rings. The van der Waals surface area contributed by atoms with Gasteiger partial charge in [0.2, 0.25) is 5.91 Å². The van der Waals surface area contributed by atoms with Gasteiger partial charge in [0.1, 0.15) is 0 Å². The maximum atomic E-state index is 11.8. The van der Waals surface area contributed by atoms with Crippen LogP contribution < -0.4 is 10.6 Å². The number of carbonyl (C=O) groups is 1. The lowest BCUT2D eigenvalue weighted by Gasteiger charge is -2.22. The van der Waals surface area contributed by atoms with E-state index in [0.29, 0.717) is 6.04 Å². The molecule has 2 fully saturated rings. The van der Waals surface area contributed by atoms with Crippen molar-refractivity contribution < 1.29 is 4.79 Å². The second-order valence-electron chi connectivity index (χ2n) is 4.99. The van der Waals surface area contributed by atoms with E-state index in [1.165, 1.54) is 25.7 Å². The zero-order valence-electron chi connectivity index (χ0n) is 9.59. The second kappa shape index (κ2) is 4.97. The summed E-state index contributed by atoms with van der Waals surface area (Å²) < 4.78 is 0. The van der Waals surface area contributed by atoms with Gasteiger partial charge >= 0.3 is 0 Å². The normalized spacial score (nSPS) is 29.3. The van der Waals surface area contributed by atoms with Crippen LogP contribution in [0.15, 0.2) is 0 Å². The minimum atomic E-state index is 0.0776. The molecule has 1 saturated heterocycles. The van der Waals surface area contributed by atoms with Crippen LogP contribution in [0.25, 0.3) is 0 Å². The van der Waals surface area contributed by atoms with Crippen LogP contribution in [-0.4, -0.2) is 24.5 Å². The van der Waals surface area contributed by atoms with Gasteiger partial charge in [0, 0.05) is 6.04 Å². The molecule has 2 atom stereocenters. The molecule has 0 aromatic carbocycles. The highest BCUT2D eigenvalue weighted by molar-refractivity contribution is 5.82. The van der Waals surface area contributed by atoms with Gasteiger partial charge in [0.15, 0.2) is 0 Å². The van der Waals surface area contributed by atoms with Gasteiger partial charge in [0.05, 0.1) is 6.04 Å². The molecule has 15 heavy (non-hydrogen) atoms. The lowest BCUT2D eigenvalue weighted by Crippen LogP contribution is -2.46. The molecule has 86 valence electrons. The van der Waals surface area contributed by atoms with Crippen molar-refractivity contribution in [3.8, 4) is 0 Å². The van der Waals surface area contributed by atoms with Crippen molar-refractivity contribution in [3.63, 3.8) is 0 Å². The van der Waals surface area contributed by atoms with Crippen molar-refractivity contribution in [2.45, 2.75) is 57.5 Å². The van der Waals surface area contributed by atoms with Crippen LogP contribution in [-0.2, 0) is 4.79 Å². The first-order valence-electron chi connectivity index (χ1n) is 6.31. The van der Waals surface area contributed by atoms with Gasteiger partial charge in [-0.05, 0) is 45.1 Å². The Morgan fingerprint density at radius 2 is 2.00 bits per heavy atom. The monoisotopic (exact) mass is 210 g/mol. The standard InChI is InChI=1S/C12H22N2O/c1-9(10-5-2-3-6-10)14-12(15)11-7-4-8-13-11/h9-11,13H,2-8H2,1H3,(H,14,15)/t9?,11-/m1/s1. The SMILES string of the molecule is CC(NC(=O)[C@H]1CCCN1)C1CCCC1. The molecule has 2 rings (SSSR count). The summed E-state index contributed by atoms with van der Waals surface area (Å²) in [5, 5.41) is 6.40. The Kier molecular flexibility index (Phi) is 3.62.